The maximum absolute atomic E-state index is 11.2. The van der Waals surface area contributed by atoms with E-state index in [9.17, 15) is 4.79 Å². The Bertz CT molecular complexity index is 467. The van der Waals surface area contributed by atoms with E-state index in [4.69, 9.17) is 0 Å². The van der Waals surface area contributed by atoms with Crippen molar-refractivity contribution in [3.63, 3.8) is 0 Å². The zero-order valence-electron chi connectivity index (χ0n) is 15.5. The van der Waals surface area contributed by atoms with E-state index in [-0.39, 0.29) is 5.91 Å². The number of rotatable bonds is 5. The summed E-state index contributed by atoms with van der Waals surface area (Å²) < 4.78 is 0. The molecular weight excluding hydrogens is 286 g/mol. The number of hydrogen-bond donors (Lipinski definition) is 0. The van der Waals surface area contributed by atoms with E-state index >= 15 is 0 Å². The molecule has 0 atom stereocenters. The van der Waals surface area contributed by atoms with Gasteiger partial charge in [-0.1, -0.05) is 43.7 Å². The molecule has 4 nitrogen and oxygen atoms in total. The average Bonchev–Trinajstić information content (AvgIpc) is 2.55. The van der Waals surface area contributed by atoms with Gasteiger partial charge in [0.2, 0.25) is 5.91 Å². The monoisotopic (exact) mass is 319 g/mol. The summed E-state index contributed by atoms with van der Waals surface area (Å²) in [5, 5.41) is 0. The van der Waals surface area contributed by atoms with Crippen LogP contribution in [0, 0.1) is 6.92 Å². The lowest BCUT2D eigenvalue weighted by molar-refractivity contribution is -0.127. The average molecular weight is 319 g/mol. The van der Waals surface area contributed by atoms with Crippen molar-refractivity contribution in [1.29, 1.82) is 0 Å². The standard InChI is InChI=1S/C17H27N3O.C2H6/c1-15-5-4-6-17(13-15)14-20-11-9-19(10-12-20)8-7-18(3)16(2)21;1-2/h4-6,13H,7-12,14H2,1-3H3;1-2H3. The van der Waals surface area contributed by atoms with Gasteiger partial charge >= 0.3 is 0 Å². The number of amides is 1. The lowest BCUT2D eigenvalue weighted by atomic mass is 10.1. The zero-order chi connectivity index (χ0) is 17.2. The van der Waals surface area contributed by atoms with E-state index in [1.54, 1.807) is 11.8 Å². The Hall–Kier alpha value is -1.39. The van der Waals surface area contributed by atoms with Gasteiger partial charge in [-0.25, -0.2) is 0 Å². The predicted molar refractivity (Wildman–Crippen MR) is 97.6 cm³/mol. The molecule has 1 heterocycles. The second-order valence-corrected chi connectivity index (χ2v) is 6.05. The van der Waals surface area contributed by atoms with Gasteiger partial charge in [-0.3, -0.25) is 14.6 Å². The number of hydrogen-bond acceptors (Lipinski definition) is 3. The molecule has 130 valence electrons. The van der Waals surface area contributed by atoms with E-state index in [2.05, 4.69) is 41.0 Å². The SMILES string of the molecule is CC.CC(=O)N(C)CCN1CCN(Cc2cccc(C)c2)CC1. The molecule has 0 saturated carbocycles. The van der Waals surface area contributed by atoms with Crippen LogP contribution in [-0.2, 0) is 11.3 Å². The third kappa shape index (κ3) is 7.14. The Morgan fingerprint density at radius 2 is 1.74 bits per heavy atom. The molecule has 23 heavy (non-hydrogen) atoms. The van der Waals surface area contributed by atoms with Crippen molar-refractivity contribution in [2.45, 2.75) is 34.2 Å². The molecule has 1 aromatic rings. The van der Waals surface area contributed by atoms with Crippen LogP contribution < -0.4 is 0 Å². The molecular formula is C19H33N3O. The van der Waals surface area contributed by atoms with Crippen LogP contribution in [0.5, 0.6) is 0 Å². The molecule has 0 N–H and O–H groups in total. The topological polar surface area (TPSA) is 26.8 Å². The summed E-state index contributed by atoms with van der Waals surface area (Å²) in [7, 11) is 1.87. The van der Waals surface area contributed by atoms with Gasteiger partial charge in [0.1, 0.15) is 0 Å². The molecule has 1 aliphatic heterocycles. The number of carbonyl (C=O) groups is 1. The molecule has 1 saturated heterocycles. The highest BCUT2D eigenvalue weighted by atomic mass is 16.2. The predicted octanol–water partition coefficient (Wildman–Crippen LogP) is 2.62. The quantitative estimate of drug-likeness (QED) is 0.835. The molecule has 1 aromatic carbocycles. The zero-order valence-corrected chi connectivity index (χ0v) is 15.5. The lowest BCUT2D eigenvalue weighted by Crippen LogP contribution is -2.48. The number of benzene rings is 1. The van der Waals surface area contributed by atoms with Crippen LogP contribution >= 0.6 is 0 Å². The molecule has 0 bridgehead atoms. The van der Waals surface area contributed by atoms with E-state index in [1.807, 2.05) is 20.9 Å². The summed E-state index contributed by atoms with van der Waals surface area (Å²) >= 11 is 0. The van der Waals surface area contributed by atoms with Crippen molar-refractivity contribution >= 4 is 5.91 Å². The van der Waals surface area contributed by atoms with Crippen molar-refractivity contribution in [1.82, 2.24) is 14.7 Å². The largest absolute Gasteiger partial charge is 0.345 e. The number of piperazine rings is 1. The van der Waals surface area contributed by atoms with Gasteiger partial charge in [-0.15, -0.1) is 0 Å². The van der Waals surface area contributed by atoms with Gasteiger partial charge in [0.15, 0.2) is 0 Å². The number of likely N-dealkylation sites (N-methyl/N-ethyl adjacent to an activating group) is 1. The fraction of sp³-hybridized carbons (Fsp3) is 0.632. The first kappa shape index (κ1) is 19.7. The van der Waals surface area contributed by atoms with Crippen LogP contribution in [0.3, 0.4) is 0 Å². The van der Waals surface area contributed by atoms with Crippen LogP contribution in [0.15, 0.2) is 24.3 Å². The van der Waals surface area contributed by atoms with E-state index < -0.39 is 0 Å². The van der Waals surface area contributed by atoms with Gasteiger partial charge in [0.05, 0.1) is 0 Å². The first-order valence-corrected chi connectivity index (χ1v) is 8.76. The summed E-state index contributed by atoms with van der Waals surface area (Å²) in [4.78, 5) is 18.0. The first-order chi connectivity index (χ1) is 11.0. The van der Waals surface area contributed by atoms with Crippen LogP contribution in [0.1, 0.15) is 31.9 Å². The number of carbonyl (C=O) groups excluding carboxylic acids is 1. The number of nitrogens with zero attached hydrogens (tertiary/aromatic N) is 3. The summed E-state index contributed by atoms with van der Waals surface area (Å²) in [5.41, 5.74) is 2.73. The normalized spacial score (nSPS) is 15.7. The molecule has 4 heteroatoms. The van der Waals surface area contributed by atoms with Gasteiger partial charge in [0.25, 0.3) is 0 Å². The van der Waals surface area contributed by atoms with Crippen molar-refractivity contribution in [3.05, 3.63) is 35.4 Å². The third-order valence-corrected chi connectivity index (χ3v) is 4.24. The van der Waals surface area contributed by atoms with Crippen LogP contribution in [0.2, 0.25) is 0 Å². The molecule has 0 spiro atoms. The molecule has 2 rings (SSSR count). The lowest BCUT2D eigenvalue weighted by Gasteiger charge is -2.35. The highest BCUT2D eigenvalue weighted by molar-refractivity contribution is 5.72. The minimum Gasteiger partial charge on any atom is -0.345 e. The summed E-state index contributed by atoms with van der Waals surface area (Å²) in [5.74, 6) is 0.146. The van der Waals surface area contributed by atoms with Crippen LogP contribution in [0.4, 0.5) is 0 Å². The van der Waals surface area contributed by atoms with Crippen molar-refractivity contribution < 1.29 is 4.79 Å². The maximum Gasteiger partial charge on any atom is 0.219 e. The smallest absolute Gasteiger partial charge is 0.219 e. The molecule has 1 aliphatic rings. The fourth-order valence-electron chi connectivity index (χ4n) is 2.69. The Balaban J connectivity index is 0.00000127. The Labute approximate surface area is 142 Å². The Morgan fingerprint density at radius 1 is 1.13 bits per heavy atom. The summed E-state index contributed by atoms with van der Waals surface area (Å²) in [6.45, 7) is 15.0. The molecule has 0 radical (unpaired) electrons. The van der Waals surface area contributed by atoms with Gasteiger partial charge in [0, 0.05) is 59.8 Å². The van der Waals surface area contributed by atoms with Crippen LogP contribution in [0.25, 0.3) is 0 Å². The van der Waals surface area contributed by atoms with Crippen molar-refractivity contribution in [2.24, 2.45) is 0 Å². The van der Waals surface area contributed by atoms with Gasteiger partial charge < -0.3 is 4.90 Å². The number of aryl methyl sites for hydroxylation is 1. The minimum absolute atomic E-state index is 0.146. The summed E-state index contributed by atoms with van der Waals surface area (Å²) in [6.07, 6.45) is 0. The molecule has 1 fully saturated rings. The van der Waals surface area contributed by atoms with Crippen molar-refractivity contribution in [3.8, 4) is 0 Å². The minimum atomic E-state index is 0.146. The second-order valence-electron chi connectivity index (χ2n) is 6.05. The fourth-order valence-corrected chi connectivity index (χ4v) is 2.69. The molecule has 0 aliphatic carbocycles. The van der Waals surface area contributed by atoms with E-state index in [0.29, 0.717) is 0 Å². The molecule has 1 amide bonds. The third-order valence-electron chi connectivity index (χ3n) is 4.24. The molecule has 0 aromatic heterocycles. The van der Waals surface area contributed by atoms with E-state index in [1.165, 1.54) is 11.1 Å². The first-order valence-electron chi connectivity index (χ1n) is 8.76. The van der Waals surface area contributed by atoms with Gasteiger partial charge in [-0.05, 0) is 12.5 Å². The highest BCUT2D eigenvalue weighted by Gasteiger charge is 2.17. The maximum atomic E-state index is 11.2. The highest BCUT2D eigenvalue weighted by Crippen LogP contribution is 2.10. The second kappa shape index (κ2) is 10.4. The van der Waals surface area contributed by atoms with Crippen molar-refractivity contribution in [2.75, 3.05) is 46.3 Å². The Kier molecular flexibility index (Phi) is 8.89. The summed E-state index contributed by atoms with van der Waals surface area (Å²) in [6, 6.07) is 8.76. The van der Waals surface area contributed by atoms with Gasteiger partial charge in [-0.2, -0.15) is 0 Å². The van der Waals surface area contributed by atoms with E-state index in [0.717, 1.165) is 45.8 Å². The molecule has 0 unspecified atom stereocenters. The van der Waals surface area contributed by atoms with Crippen LogP contribution in [-0.4, -0.2) is 66.9 Å². The Morgan fingerprint density at radius 3 is 2.30 bits per heavy atom.